The van der Waals surface area contributed by atoms with Gasteiger partial charge in [0.1, 0.15) is 10.8 Å². The van der Waals surface area contributed by atoms with Crippen LogP contribution in [0.4, 0.5) is 0 Å². The number of ether oxygens (including phenoxy) is 1. The Morgan fingerprint density at radius 2 is 2.33 bits per heavy atom. The minimum atomic E-state index is 0.188. The summed E-state index contributed by atoms with van der Waals surface area (Å²) in [6, 6.07) is 9.05. The van der Waals surface area contributed by atoms with Gasteiger partial charge in [-0.1, -0.05) is 12.1 Å². The predicted molar refractivity (Wildman–Crippen MR) is 73.1 cm³/mol. The molecule has 1 saturated carbocycles. The van der Waals surface area contributed by atoms with Gasteiger partial charge in [-0.25, -0.2) is 4.98 Å². The Morgan fingerprint density at radius 3 is 3.00 bits per heavy atom. The first-order valence-electron chi connectivity index (χ1n) is 6.16. The fourth-order valence-corrected chi connectivity index (χ4v) is 2.72. The lowest BCUT2D eigenvalue weighted by Crippen LogP contribution is -2.24. The van der Waals surface area contributed by atoms with Crippen LogP contribution in [0, 0.1) is 0 Å². The second-order valence-corrected chi connectivity index (χ2v) is 5.45. The van der Waals surface area contributed by atoms with Crippen molar-refractivity contribution in [3.8, 4) is 5.75 Å². The first-order chi connectivity index (χ1) is 8.86. The van der Waals surface area contributed by atoms with Crippen molar-refractivity contribution in [2.45, 2.75) is 24.9 Å². The summed E-state index contributed by atoms with van der Waals surface area (Å²) in [7, 11) is 1.70. The Kier molecular flexibility index (Phi) is 3.30. The highest BCUT2D eigenvalue weighted by Crippen LogP contribution is 2.31. The summed E-state index contributed by atoms with van der Waals surface area (Å²) in [6.07, 6.45) is 4.40. The van der Waals surface area contributed by atoms with Crippen molar-refractivity contribution in [3.63, 3.8) is 0 Å². The maximum absolute atomic E-state index is 5.30. The standard InChI is InChI=1S/C14H16N2OS/c1-17-12-4-2-3-10(9-12)13(16-11-5-6-11)14-15-7-8-18-14/h2-4,7-9,11,13,16H,5-6H2,1H3. The van der Waals surface area contributed by atoms with Gasteiger partial charge in [0.15, 0.2) is 0 Å². The number of methoxy groups -OCH3 is 1. The molecule has 0 bridgehead atoms. The predicted octanol–water partition coefficient (Wildman–Crippen LogP) is 2.99. The third-order valence-electron chi connectivity index (χ3n) is 3.11. The van der Waals surface area contributed by atoms with Gasteiger partial charge in [-0.15, -0.1) is 11.3 Å². The molecule has 2 aromatic rings. The molecule has 1 fully saturated rings. The summed E-state index contributed by atoms with van der Waals surface area (Å²) in [5.41, 5.74) is 1.22. The van der Waals surface area contributed by atoms with Crippen molar-refractivity contribution in [1.29, 1.82) is 0 Å². The van der Waals surface area contributed by atoms with Crippen molar-refractivity contribution < 1.29 is 4.74 Å². The molecule has 1 N–H and O–H groups in total. The molecule has 1 aromatic heterocycles. The van der Waals surface area contributed by atoms with Crippen molar-refractivity contribution in [1.82, 2.24) is 10.3 Å². The monoisotopic (exact) mass is 260 g/mol. The van der Waals surface area contributed by atoms with E-state index in [1.807, 2.05) is 23.7 Å². The second-order valence-electron chi connectivity index (χ2n) is 4.52. The SMILES string of the molecule is COc1cccc(C(NC2CC2)c2nccs2)c1. The van der Waals surface area contributed by atoms with E-state index < -0.39 is 0 Å². The fraction of sp³-hybridized carbons (Fsp3) is 0.357. The van der Waals surface area contributed by atoms with Crippen molar-refractivity contribution >= 4 is 11.3 Å². The average Bonchev–Trinajstić information content (AvgIpc) is 3.08. The third-order valence-corrected chi connectivity index (χ3v) is 3.95. The number of thiazole rings is 1. The Morgan fingerprint density at radius 1 is 1.44 bits per heavy atom. The summed E-state index contributed by atoms with van der Waals surface area (Å²) in [5, 5.41) is 6.80. The van der Waals surface area contributed by atoms with Gasteiger partial charge in [0.05, 0.1) is 13.2 Å². The summed E-state index contributed by atoms with van der Waals surface area (Å²) >= 11 is 1.69. The van der Waals surface area contributed by atoms with Gasteiger partial charge in [-0.3, -0.25) is 0 Å². The first-order valence-corrected chi connectivity index (χ1v) is 7.04. The number of hydrogen-bond donors (Lipinski definition) is 1. The summed E-state index contributed by atoms with van der Waals surface area (Å²) in [4.78, 5) is 4.44. The van der Waals surface area contributed by atoms with Gasteiger partial charge >= 0.3 is 0 Å². The van der Waals surface area contributed by atoms with E-state index in [0.29, 0.717) is 6.04 Å². The zero-order chi connectivity index (χ0) is 12.4. The number of hydrogen-bond acceptors (Lipinski definition) is 4. The molecule has 0 radical (unpaired) electrons. The van der Waals surface area contributed by atoms with Crippen LogP contribution in [0.25, 0.3) is 0 Å². The van der Waals surface area contributed by atoms with Gasteiger partial charge < -0.3 is 10.1 Å². The molecule has 1 aliphatic carbocycles. The van der Waals surface area contributed by atoms with E-state index in [2.05, 4.69) is 22.4 Å². The molecule has 1 aliphatic rings. The Bertz CT molecular complexity index is 508. The van der Waals surface area contributed by atoms with Gasteiger partial charge in [0.2, 0.25) is 0 Å². The summed E-state index contributed by atoms with van der Waals surface area (Å²) in [6.45, 7) is 0. The van der Waals surface area contributed by atoms with Crippen molar-refractivity contribution in [2.75, 3.05) is 7.11 Å². The van der Waals surface area contributed by atoms with Crippen molar-refractivity contribution in [3.05, 3.63) is 46.4 Å². The minimum absolute atomic E-state index is 0.188. The zero-order valence-corrected chi connectivity index (χ0v) is 11.1. The van der Waals surface area contributed by atoms with Crippen LogP contribution in [0.2, 0.25) is 0 Å². The Balaban J connectivity index is 1.91. The molecule has 3 nitrogen and oxygen atoms in total. The lowest BCUT2D eigenvalue weighted by Gasteiger charge is -2.17. The lowest BCUT2D eigenvalue weighted by molar-refractivity contribution is 0.413. The van der Waals surface area contributed by atoms with E-state index in [0.717, 1.165) is 10.8 Å². The molecule has 1 unspecified atom stereocenters. The molecule has 94 valence electrons. The van der Waals surface area contributed by atoms with Crippen LogP contribution in [0.1, 0.15) is 29.5 Å². The van der Waals surface area contributed by atoms with Crippen LogP contribution >= 0.6 is 11.3 Å². The Labute approximate surface area is 111 Å². The van der Waals surface area contributed by atoms with Crippen LogP contribution in [0.5, 0.6) is 5.75 Å². The molecular weight excluding hydrogens is 244 g/mol. The topological polar surface area (TPSA) is 34.1 Å². The molecule has 0 spiro atoms. The highest BCUT2D eigenvalue weighted by atomic mass is 32.1. The van der Waals surface area contributed by atoms with E-state index in [1.54, 1.807) is 18.4 Å². The number of nitrogens with one attached hydrogen (secondary N) is 1. The van der Waals surface area contributed by atoms with Crippen LogP contribution in [-0.2, 0) is 0 Å². The van der Waals surface area contributed by atoms with Crippen LogP contribution < -0.4 is 10.1 Å². The van der Waals surface area contributed by atoms with Gasteiger partial charge in [0.25, 0.3) is 0 Å². The van der Waals surface area contributed by atoms with Gasteiger partial charge in [-0.2, -0.15) is 0 Å². The highest BCUT2D eigenvalue weighted by molar-refractivity contribution is 7.09. The van der Waals surface area contributed by atoms with E-state index in [-0.39, 0.29) is 6.04 Å². The molecule has 1 atom stereocenters. The average molecular weight is 260 g/mol. The summed E-state index contributed by atoms with van der Waals surface area (Å²) in [5.74, 6) is 0.895. The van der Waals surface area contributed by atoms with Crippen LogP contribution in [0.3, 0.4) is 0 Å². The quantitative estimate of drug-likeness (QED) is 0.897. The number of nitrogens with zero attached hydrogens (tertiary/aromatic N) is 1. The molecule has 4 heteroatoms. The molecule has 18 heavy (non-hydrogen) atoms. The normalized spacial score (nSPS) is 16.5. The van der Waals surface area contributed by atoms with Crippen LogP contribution in [0.15, 0.2) is 35.8 Å². The molecule has 0 aliphatic heterocycles. The van der Waals surface area contributed by atoms with E-state index in [1.165, 1.54) is 18.4 Å². The second kappa shape index (κ2) is 5.08. The van der Waals surface area contributed by atoms with Crippen molar-refractivity contribution in [2.24, 2.45) is 0 Å². The molecule has 3 rings (SSSR count). The number of benzene rings is 1. The van der Waals surface area contributed by atoms with Crippen LogP contribution in [-0.4, -0.2) is 18.1 Å². The lowest BCUT2D eigenvalue weighted by atomic mass is 10.1. The van der Waals surface area contributed by atoms with E-state index in [4.69, 9.17) is 4.74 Å². The molecule has 1 aromatic carbocycles. The zero-order valence-electron chi connectivity index (χ0n) is 10.3. The van der Waals surface area contributed by atoms with E-state index in [9.17, 15) is 0 Å². The minimum Gasteiger partial charge on any atom is -0.497 e. The smallest absolute Gasteiger partial charge is 0.119 e. The third kappa shape index (κ3) is 2.54. The molecule has 1 heterocycles. The maximum atomic E-state index is 5.30. The summed E-state index contributed by atoms with van der Waals surface area (Å²) < 4.78 is 5.30. The largest absolute Gasteiger partial charge is 0.497 e. The molecule has 0 saturated heterocycles. The highest BCUT2D eigenvalue weighted by Gasteiger charge is 2.27. The Hall–Kier alpha value is -1.39. The van der Waals surface area contributed by atoms with Gasteiger partial charge in [0, 0.05) is 17.6 Å². The molecule has 0 amide bonds. The molecular formula is C14H16N2OS. The fourth-order valence-electron chi connectivity index (χ4n) is 1.99. The van der Waals surface area contributed by atoms with Gasteiger partial charge in [-0.05, 0) is 30.5 Å². The first kappa shape index (κ1) is 11.7. The number of rotatable bonds is 5. The van der Waals surface area contributed by atoms with E-state index >= 15 is 0 Å². The number of aromatic nitrogens is 1. The maximum Gasteiger partial charge on any atom is 0.119 e.